The van der Waals surface area contributed by atoms with Crippen LogP contribution in [0.4, 0.5) is 5.82 Å². The summed E-state index contributed by atoms with van der Waals surface area (Å²) in [6, 6.07) is -0.0288. The molecular formula is C10H16ClN3O. The van der Waals surface area contributed by atoms with Crippen LogP contribution in [-0.2, 0) is 0 Å². The summed E-state index contributed by atoms with van der Waals surface area (Å²) in [5.74, 6) is 0.612. The van der Waals surface area contributed by atoms with Crippen molar-refractivity contribution in [2.45, 2.75) is 26.8 Å². The maximum absolute atomic E-state index is 9.05. The van der Waals surface area contributed by atoms with Crippen LogP contribution in [0, 0.1) is 13.8 Å². The molecule has 0 fully saturated rings. The molecular weight excluding hydrogens is 214 g/mol. The Morgan fingerprint density at radius 1 is 1.33 bits per heavy atom. The molecule has 1 heterocycles. The topological polar surface area (TPSA) is 49.2 Å². The number of aliphatic hydroxyl groups excluding tert-OH is 1. The summed E-state index contributed by atoms with van der Waals surface area (Å²) in [7, 11) is 1.84. The van der Waals surface area contributed by atoms with E-state index < -0.39 is 0 Å². The monoisotopic (exact) mass is 229 g/mol. The highest BCUT2D eigenvalue weighted by Gasteiger charge is 2.15. The zero-order valence-electron chi connectivity index (χ0n) is 9.45. The average molecular weight is 230 g/mol. The normalized spacial score (nSPS) is 12.7. The highest BCUT2D eigenvalue weighted by molar-refractivity contribution is 6.31. The molecule has 0 bridgehead atoms. The molecule has 0 aliphatic rings. The molecule has 0 aliphatic heterocycles. The molecule has 84 valence electrons. The van der Waals surface area contributed by atoms with Gasteiger partial charge in [-0.2, -0.15) is 0 Å². The van der Waals surface area contributed by atoms with E-state index >= 15 is 0 Å². The second-order valence-electron chi connectivity index (χ2n) is 3.65. The summed E-state index contributed by atoms with van der Waals surface area (Å²) in [5.41, 5.74) is 1.68. The maximum atomic E-state index is 9.05. The summed E-state index contributed by atoms with van der Waals surface area (Å²) in [4.78, 5) is 10.4. The van der Waals surface area contributed by atoms with Crippen LogP contribution >= 0.6 is 11.6 Å². The molecule has 1 N–H and O–H groups in total. The van der Waals surface area contributed by atoms with Gasteiger partial charge in [0.1, 0.15) is 0 Å². The van der Waals surface area contributed by atoms with E-state index in [2.05, 4.69) is 9.97 Å². The predicted molar refractivity (Wildman–Crippen MR) is 61.5 cm³/mol. The fourth-order valence-electron chi connectivity index (χ4n) is 1.12. The molecule has 15 heavy (non-hydrogen) atoms. The van der Waals surface area contributed by atoms with Crippen LogP contribution < -0.4 is 4.90 Å². The number of likely N-dealkylation sites (N-methyl/N-ethyl adjacent to an activating group) is 1. The summed E-state index contributed by atoms with van der Waals surface area (Å²) in [6.07, 6.45) is 0. The first-order valence-electron chi connectivity index (χ1n) is 4.81. The van der Waals surface area contributed by atoms with Gasteiger partial charge in [-0.3, -0.25) is 0 Å². The second kappa shape index (κ2) is 4.77. The number of halogens is 1. The average Bonchev–Trinajstić information content (AvgIpc) is 2.21. The summed E-state index contributed by atoms with van der Waals surface area (Å²) < 4.78 is 0. The predicted octanol–water partition coefficient (Wildman–Crippen LogP) is 1.56. The molecule has 5 heteroatoms. The molecule has 4 nitrogen and oxygen atoms in total. The third-order valence-corrected chi connectivity index (χ3v) is 2.76. The molecule has 1 rings (SSSR count). The van der Waals surface area contributed by atoms with Crippen molar-refractivity contribution >= 4 is 17.4 Å². The highest BCUT2D eigenvalue weighted by Crippen LogP contribution is 2.22. The molecule has 0 aliphatic carbocycles. The lowest BCUT2D eigenvalue weighted by Gasteiger charge is -2.25. The van der Waals surface area contributed by atoms with Crippen LogP contribution in [0.1, 0.15) is 18.3 Å². The van der Waals surface area contributed by atoms with Gasteiger partial charge in [0.15, 0.2) is 11.0 Å². The number of aryl methyl sites for hydroxylation is 2. The second-order valence-corrected chi connectivity index (χ2v) is 4.01. The number of anilines is 1. The SMILES string of the molecule is Cc1nc(Cl)c(N(C)C(C)CO)nc1C. The van der Waals surface area contributed by atoms with Crippen molar-refractivity contribution in [3.8, 4) is 0 Å². The van der Waals surface area contributed by atoms with Crippen molar-refractivity contribution in [2.75, 3.05) is 18.6 Å². The van der Waals surface area contributed by atoms with E-state index in [1.54, 1.807) is 0 Å². The summed E-state index contributed by atoms with van der Waals surface area (Å²) >= 11 is 6.00. The first-order valence-corrected chi connectivity index (χ1v) is 5.19. The molecule has 0 amide bonds. The van der Waals surface area contributed by atoms with Gasteiger partial charge in [0, 0.05) is 7.05 Å². The maximum Gasteiger partial charge on any atom is 0.171 e. The first kappa shape index (κ1) is 12.2. The zero-order valence-corrected chi connectivity index (χ0v) is 10.2. The van der Waals surface area contributed by atoms with Crippen LogP contribution in [0.3, 0.4) is 0 Å². The largest absolute Gasteiger partial charge is 0.394 e. The van der Waals surface area contributed by atoms with Crippen molar-refractivity contribution in [3.05, 3.63) is 16.5 Å². The molecule has 1 aromatic heterocycles. The minimum atomic E-state index is -0.0288. The number of hydrogen-bond acceptors (Lipinski definition) is 4. The van der Waals surface area contributed by atoms with E-state index in [0.717, 1.165) is 11.4 Å². The standard InChI is InChI=1S/C10H16ClN3O/c1-6(5-15)14(4)10-9(11)12-7(2)8(3)13-10/h6,15H,5H2,1-4H3. The van der Waals surface area contributed by atoms with Crippen molar-refractivity contribution in [1.82, 2.24) is 9.97 Å². The lowest BCUT2D eigenvalue weighted by molar-refractivity contribution is 0.269. The van der Waals surface area contributed by atoms with Crippen LogP contribution in [0.15, 0.2) is 0 Å². The Morgan fingerprint density at radius 2 is 1.87 bits per heavy atom. The fourth-order valence-corrected chi connectivity index (χ4v) is 1.42. The van der Waals surface area contributed by atoms with Gasteiger partial charge in [0.2, 0.25) is 0 Å². The number of hydrogen-bond donors (Lipinski definition) is 1. The third-order valence-electron chi connectivity index (χ3n) is 2.51. The van der Waals surface area contributed by atoms with Crippen molar-refractivity contribution in [2.24, 2.45) is 0 Å². The van der Waals surface area contributed by atoms with Gasteiger partial charge in [0.05, 0.1) is 24.0 Å². The van der Waals surface area contributed by atoms with E-state index in [1.165, 1.54) is 0 Å². The number of nitrogens with zero attached hydrogens (tertiary/aromatic N) is 3. The minimum Gasteiger partial charge on any atom is -0.394 e. The smallest absolute Gasteiger partial charge is 0.171 e. The molecule has 1 unspecified atom stereocenters. The third kappa shape index (κ3) is 2.58. The molecule has 1 aromatic rings. The number of aliphatic hydroxyl groups is 1. The van der Waals surface area contributed by atoms with Gasteiger partial charge in [-0.1, -0.05) is 11.6 Å². The Morgan fingerprint density at radius 3 is 2.40 bits per heavy atom. The van der Waals surface area contributed by atoms with E-state index in [9.17, 15) is 0 Å². The van der Waals surface area contributed by atoms with Gasteiger partial charge in [-0.15, -0.1) is 0 Å². The zero-order chi connectivity index (χ0) is 11.6. The molecule has 0 aromatic carbocycles. The van der Waals surface area contributed by atoms with Crippen molar-refractivity contribution < 1.29 is 5.11 Å². The number of rotatable bonds is 3. The van der Waals surface area contributed by atoms with Gasteiger partial charge < -0.3 is 10.0 Å². The summed E-state index contributed by atoms with van der Waals surface area (Å²) in [6.45, 7) is 5.71. The van der Waals surface area contributed by atoms with Crippen LogP contribution in [0.25, 0.3) is 0 Å². The summed E-state index contributed by atoms with van der Waals surface area (Å²) in [5, 5.41) is 9.42. The van der Waals surface area contributed by atoms with E-state index in [0.29, 0.717) is 11.0 Å². The minimum absolute atomic E-state index is 0.0288. The Balaban J connectivity index is 3.09. The molecule has 0 saturated heterocycles. The van der Waals surface area contributed by atoms with E-state index in [4.69, 9.17) is 16.7 Å². The number of aromatic nitrogens is 2. The Kier molecular flexibility index (Phi) is 3.88. The fraction of sp³-hybridized carbons (Fsp3) is 0.600. The van der Waals surface area contributed by atoms with Crippen molar-refractivity contribution in [3.63, 3.8) is 0 Å². The lowest BCUT2D eigenvalue weighted by Crippen LogP contribution is -2.33. The van der Waals surface area contributed by atoms with E-state index in [-0.39, 0.29) is 12.6 Å². The molecule has 1 atom stereocenters. The van der Waals surface area contributed by atoms with Crippen LogP contribution in [0.2, 0.25) is 5.15 Å². The Hall–Kier alpha value is -0.870. The quantitative estimate of drug-likeness (QED) is 0.855. The molecule has 0 spiro atoms. The van der Waals surface area contributed by atoms with E-state index in [1.807, 2.05) is 32.7 Å². The Labute approximate surface area is 94.9 Å². The van der Waals surface area contributed by atoms with Gasteiger partial charge in [-0.05, 0) is 20.8 Å². The van der Waals surface area contributed by atoms with Gasteiger partial charge in [-0.25, -0.2) is 9.97 Å². The van der Waals surface area contributed by atoms with Gasteiger partial charge >= 0.3 is 0 Å². The highest BCUT2D eigenvalue weighted by atomic mass is 35.5. The first-order chi connectivity index (χ1) is 6.97. The molecule has 0 radical (unpaired) electrons. The van der Waals surface area contributed by atoms with Crippen molar-refractivity contribution in [1.29, 1.82) is 0 Å². The van der Waals surface area contributed by atoms with Crippen LogP contribution in [0.5, 0.6) is 0 Å². The Bertz CT molecular complexity index is 357. The van der Waals surface area contributed by atoms with Crippen LogP contribution in [-0.4, -0.2) is 34.8 Å². The lowest BCUT2D eigenvalue weighted by atomic mass is 10.3. The van der Waals surface area contributed by atoms with Gasteiger partial charge in [0.25, 0.3) is 0 Å². The molecule has 0 saturated carbocycles.